The minimum absolute atomic E-state index is 0. The van der Waals surface area contributed by atoms with Crippen molar-refractivity contribution in [1.82, 2.24) is 10.2 Å². The lowest BCUT2D eigenvalue weighted by Crippen LogP contribution is -2.30. The topological polar surface area (TPSA) is 21.8 Å². The van der Waals surface area contributed by atoms with Crippen LogP contribution in [0, 0.1) is 17.8 Å². The Labute approximate surface area is 240 Å². The molecule has 2 aromatic rings. The SMILES string of the molecule is CCC(C)(C)c1cccc(N2CC3CCNC3C2)c1.CCC(C)(C)c1cccc(N2CC3CN(C)CC3C2)c1.[HH]. The molecule has 4 aliphatic heterocycles. The van der Waals surface area contributed by atoms with Crippen molar-refractivity contribution in [3.8, 4) is 0 Å². The molecule has 4 heteroatoms. The summed E-state index contributed by atoms with van der Waals surface area (Å²) in [6.45, 7) is 22.6. The van der Waals surface area contributed by atoms with Gasteiger partial charge >= 0.3 is 0 Å². The molecule has 4 heterocycles. The highest BCUT2D eigenvalue weighted by atomic mass is 15.2. The van der Waals surface area contributed by atoms with Crippen LogP contribution < -0.4 is 15.1 Å². The van der Waals surface area contributed by atoms with E-state index in [9.17, 15) is 0 Å². The lowest BCUT2D eigenvalue weighted by Gasteiger charge is -2.27. The van der Waals surface area contributed by atoms with Crippen LogP contribution in [0.2, 0.25) is 0 Å². The first-order chi connectivity index (χ1) is 18.6. The van der Waals surface area contributed by atoms with Gasteiger partial charge in [-0.3, -0.25) is 0 Å². The molecule has 0 saturated carbocycles. The van der Waals surface area contributed by atoms with Gasteiger partial charge in [0.1, 0.15) is 0 Å². The standard InChI is InChI=1S/C18H28N2.C17H26N2.H2/c1-5-18(2,3)16-7-6-8-17(9-16)20-12-14-10-19(4)11-15(14)13-20;1-4-17(2,3)14-6-5-7-15(10-14)19-11-13-8-9-18-16(13)12-19;/h6-9,14-15H,5,10-13H2,1-4H3;5-7,10,13,16,18H,4,8-9,11-12H2,1-3H3;1H. The van der Waals surface area contributed by atoms with Crippen molar-refractivity contribution in [2.45, 2.75) is 77.7 Å². The second kappa shape index (κ2) is 11.4. The zero-order chi connectivity index (χ0) is 27.8. The summed E-state index contributed by atoms with van der Waals surface area (Å²) in [6.07, 6.45) is 3.72. The van der Waals surface area contributed by atoms with Gasteiger partial charge in [-0.05, 0) is 96.8 Å². The maximum atomic E-state index is 3.63. The summed E-state index contributed by atoms with van der Waals surface area (Å²) in [5, 5.41) is 3.63. The number of benzene rings is 2. The third-order valence-electron chi connectivity index (χ3n) is 10.8. The number of hydrogen-bond donors (Lipinski definition) is 1. The van der Waals surface area contributed by atoms with Crippen LogP contribution in [0.15, 0.2) is 48.5 Å². The maximum Gasteiger partial charge on any atom is 0.0369 e. The van der Waals surface area contributed by atoms with Gasteiger partial charge in [0, 0.05) is 58.1 Å². The molecule has 4 unspecified atom stereocenters. The van der Waals surface area contributed by atoms with E-state index in [1.54, 1.807) is 0 Å². The smallest absolute Gasteiger partial charge is 0.0369 e. The molecular weight excluding hydrogens is 476 g/mol. The zero-order valence-corrected chi connectivity index (χ0v) is 25.8. The Hall–Kier alpha value is -2.04. The molecule has 0 radical (unpaired) electrons. The van der Waals surface area contributed by atoms with Gasteiger partial charge in [-0.2, -0.15) is 0 Å². The van der Waals surface area contributed by atoms with Gasteiger partial charge < -0.3 is 20.0 Å². The first kappa shape index (κ1) is 28.5. The van der Waals surface area contributed by atoms with Crippen LogP contribution in [0.4, 0.5) is 11.4 Å². The maximum absolute atomic E-state index is 3.63. The molecule has 0 spiro atoms. The Kier molecular flexibility index (Phi) is 8.36. The molecule has 2 aromatic carbocycles. The van der Waals surface area contributed by atoms with Gasteiger partial charge in [-0.15, -0.1) is 0 Å². The summed E-state index contributed by atoms with van der Waals surface area (Å²) in [5.41, 5.74) is 6.36. The zero-order valence-electron chi connectivity index (χ0n) is 25.8. The van der Waals surface area contributed by atoms with Crippen LogP contribution in [0.3, 0.4) is 0 Å². The molecule has 4 nitrogen and oxygen atoms in total. The summed E-state index contributed by atoms with van der Waals surface area (Å²) in [6, 6.07) is 19.2. The van der Waals surface area contributed by atoms with E-state index in [-0.39, 0.29) is 12.3 Å². The van der Waals surface area contributed by atoms with Gasteiger partial charge in [0.05, 0.1) is 0 Å². The fourth-order valence-electron chi connectivity index (χ4n) is 7.15. The van der Waals surface area contributed by atoms with E-state index >= 15 is 0 Å². The fraction of sp³-hybridized carbons (Fsp3) is 0.657. The highest BCUT2D eigenvalue weighted by molar-refractivity contribution is 5.52. The van der Waals surface area contributed by atoms with Crippen LogP contribution in [0.5, 0.6) is 0 Å². The summed E-state index contributed by atoms with van der Waals surface area (Å²) in [5.74, 6) is 2.62. The minimum atomic E-state index is 0. The monoisotopic (exact) mass is 532 g/mol. The second-order valence-corrected chi connectivity index (χ2v) is 14.2. The summed E-state index contributed by atoms with van der Waals surface area (Å²) in [4.78, 5) is 7.66. The molecule has 4 aliphatic rings. The number of hydrogen-bond acceptors (Lipinski definition) is 4. The normalized spacial score (nSPS) is 26.9. The molecule has 0 amide bonds. The number of nitrogens with zero attached hydrogens (tertiary/aromatic N) is 3. The predicted octanol–water partition coefficient (Wildman–Crippen LogP) is 6.79. The van der Waals surface area contributed by atoms with Crippen LogP contribution in [-0.2, 0) is 10.8 Å². The van der Waals surface area contributed by atoms with Crippen molar-refractivity contribution in [2.24, 2.45) is 17.8 Å². The molecule has 6 rings (SSSR count). The quantitative estimate of drug-likeness (QED) is 0.442. The largest absolute Gasteiger partial charge is 0.371 e. The van der Waals surface area contributed by atoms with Gasteiger partial charge in [0.2, 0.25) is 0 Å². The average molecular weight is 533 g/mol. The lowest BCUT2D eigenvalue weighted by molar-refractivity contribution is 0.387. The van der Waals surface area contributed by atoms with E-state index in [0.29, 0.717) is 0 Å². The van der Waals surface area contributed by atoms with Crippen LogP contribution in [0.1, 0.15) is 73.4 Å². The van der Waals surface area contributed by atoms with Crippen molar-refractivity contribution in [3.05, 3.63) is 59.7 Å². The molecule has 0 aromatic heterocycles. The summed E-state index contributed by atoms with van der Waals surface area (Å²) in [7, 11) is 2.26. The number of fused-ring (bicyclic) bond motifs is 2. The van der Waals surface area contributed by atoms with Gasteiger partial charge in [-0.25, -0.2) is 0 Å². The first-order valence-electron chi connectivity index (χ1n) is 15.7. The van der Waals surface area contributed by atoms with Crippen molar-refractivity contribution in [3.63, 3.8) is 0 Å². The van der Waals surface area contributed by atoms with Crippen molar-refractivity contribution in [1.29, 1.82) is 0 Å². The van der Waals surface area contributed by atoms with E-state index in [4.69, 9.17) is 0 Å². The van der Waals surface area contributed by atoms with E-state index < -0.39 is 0 Å². The highest BCUT2D eigenvalue weighted by Crippen LogP contribution is 2.36. The lowest BCUT2D eigenvalue weighted by atomic mass is 9.82. The van der Waals surface area contributed by atoms with Gasteiger partial charge in [0.15, 0.2) is 0 Å². The number of nitrogens with one attached hydrogen (secondary N) is 1. The van der Waals surface area contributed by atoms with E-state index in [1.165, 1.54) is 87.6 Å². The third kappa shape index (κ3) is 6.17. The highest BCUT2D eigenvalue weighted by Gasteiger charge is 2.39. The molecule has 4 saturated heterocycles. The van der Waals surface area contributed by atoms with Crippen LogP contribution >= 0.6 is 0 Å². The van der Waals surface area contributed by atoms with E-state index in [0.717, 1.165) is 23.8 Å². The van der Waals surface area contributed by atoms with Crippen LogP contribution in [-0.4, -0.2) is 63.8 Å². The molecule has 1 N–H and O–H groups in total. The van der Waals surface area contributed by atoms with E-state index in [1.807, 2.05) is 0 Å². The minimum Gasteiger partial charge on any atom is -0.371 e. The number of anilines is 2. The van der Waals surface area contributed by atoms with Crippen molar-refractivity contribution < 1.29 is 1.43 Å². The predicted molar refractivity (Wildman–Crippen MR) is 170 cm³/mol. The van der Waals surface area contributed by atoms with Crippen LogP contribution in [0.25, 0.3) is 0 Å². The molecule has 0 bridgehead atoms. The Morgan fingerprint density at radius 1 is 0.718 bits per heavy atom. The third-order valence-corrected chi connectivity index (χ3v) is 10.8. The molecular formula is C35H56N4. The summed E-state index contributed by atoms with van der Waals surface area (Å²) >= 11 is 0. The summed E-state index contributed by atoms with van der Waals surface area (Å²) < 4.78 is 0. The first-order valence-corrected chi connectivity index (χ1v) is 15.7. The van der Waals surface area contributed by atoms with Crippen molar-refractivity contribution in [2.75, 3.05) is 62.7 Å². The number of rotatable bonds is 6. The van der Waals surface area contributed by atoms with E-state index in [2.05, 4.69) is 117 Å². The molecule has 216 valence electrons. The molecule has 0 aliphatic carbocycles. The molecule has 4 fully saturated rings. The molecule has 39 heavy (non-hydrogen) atoms. The van der Waals surface area contributed by atoms with Crippen molar-refractivity contribution >= 4 is 11.4 Å². The second-order valence-electron chi connectivity index (χ2n) is 14.2. The van der Waals surface area contributed by atoms with Gasteiger partial charge in [-0.1, -0.05) is 65.8 Å². The van der Waals surface area contributed by atoms with Gasteiger partial charge in [0.25, 0.3) is 0 Å². The Morgan fingerprint density at radius 2 is 1.21 bits per heavy atom. The fourth-order valence-corrected chi connectivity index (χ4v) is 7.15. The molecule has 4 atom stereocenters. The Morgan fingerprint density at radius 3 is 1.69 bits per heavy atom. The Bertz CT molecular complexity index is 1090. The number of likely N-dealkylation sites (tertiary alicyclic amines) is 1. The Balaban J connectivity index is 0.000000181. The average Bonchev–Trinajstić information content (AvgIpc) is 3.70.